The number of aromatic nitrogens is 1. The third-order valence-corrected chi connectivity index (χ3v) is 7.41. The van der Waals surface area contributed by atoms with Crippen molar-refractivity contribution in [3.8, 4) is 11.5 Å². The summed E-state index contributed by atoms with van der Waals surface area (Å²) in [7, 11) is 0. The molecule has 2 aliphatic rings. The minimum atomic E-state index is -1.07. The first-order chi connectivity index (χ1) is 18.6. The number of carbonyl (C=O) groups is 2. The molecule has 1 aromatic heterocycles. The number of fused-ring (bicyclic) bond motifs is 2. The lowest BCUT2D eigenvalue weighted by Gasteiger charge is -2.44. The van der Waals surface area contributed by atoms with Gasteiger partial charge in [-0.3, -0.25) is 14.6 Å². The van der Waals surface area contributed by atoms with Crippen LogP contribution in [0.15, 0.2) is 60.8 Å². The second-order valence-corrected chi connectivity index (χ2v) is 9.83. The second-order valence-electron chi connectivity index (χ2n) is 9.83. The fourth-order valence-corrected chi connectivity index (χ4v) is 5.34. The molecular weight excluding hydrogens is 482 g/mol. The van der Waals surface area contributed by atoms with E-state index < -0.39 is 5.60 Å². The van der Waals surface area contributed by atoms with E-state index in [0.717, 1.165) is 35.9 Å². The maximum atomic E-state index is 13.9. The van der Waals surface area contributed by atoms with E-state index in [-0.39, 0.29) is 25.0 Å². The smallest absolute Gasteiger partial charge is 0.260 e. The number of carbonyl (C=O) groups excluding carboxylic acids is 2. The van der Waals surface area contributed by atoms with E-state index in [9.17, 15) is 9.59 Å². The Labute approximate surface area is 223 Å². The summed E-state index contributed by atoms with van der Waals surface area (Å²) in [6, 6.07) is 17.6. The van der Waals surface area contributed by atoms with Gasteiger partial charge in [0.05, 0.1) is 19.7 Å². The number of rotatable bonds is 4. The average Bonchev–Trinajstić information content (AvgIpc) is 2.96. The number of likely N-dealkylation sites (N-methyl/N-ethyl adjacent to an activating group) is 1. The fraction of sp³-hybridized carbons (Fsp3) is 0.433. The van der Waals surface area contributed by atoms with Crippen LogP contribution in [0.2, 0.25) is 0 Å². The maximum absolute atomic E-state index is 13.9. The van der Waals surface area contributed by atoms with Crippen molar-refractivity contribution in [2.24, 2.45) is 0 Å². The van der Waals surface area contributed by atoms with Gasteiger partial charge in [-0.2, -0.15) is 0 Å². The zero-order valence-electron chi connectivity index (χ0n) is 21.9. The van der Waals surface area contributed by atoms with E-state index in [0.29, 0.717) is 45.0 Å². The monoisotopic (exact) mass is 517 g/mol. The van der Waals surface area contributed by atoms with E-state index in [4.69, 9.17) is 14.2 Å². The summed E-state index contributed by atoms with van der Waals surface area (Å²) in [5, 5.41) is 0.952. The molecule has 0 bridgehead atoms. The van der Waals surface area contributed by atoms with Gasteiger partial charge >= 0.3 is 0 Å². The molecular formula is C30H35N3O5. The quantitative estimate of drug-likeness (QED) is 0.523. The minimum absolute atomic E-state index is 0.0749. The van der Waals surface area contributed by atoms with Gasteiger partial charge in [0.25, 0.3) is 11.8 Å². The van der Waals surface area contributed by atoms with Gasteiger partial charge in [-0.25, -0.2) is 0 Å². The summed E-state index contributed by atoms with van der Waals surface area (Å²) >= 11 is 0. The Hall–Kier alpha value is -3.65. The molecule has 5 rings (SSSR count). The highest BCUT2D eigenvalue weighted by Gasteiger charge is 2.46. The molecule has 38 heavy (non-hydrogen) atoms. The third kappa shape index (κ3) is 5.60. The van der Waals surface area contributed by atoms with Crippen LogP contribution in [0.4, 0.5) is 0 Å². The molecule has 0 radical (unpaired) electrons. The first-order valence-electron chi connectivity index (χ1n) is 13.5. The molecule has 1 saturated heterocycles. The summed E-state index contributed by atoms with van der Waals surface area (Å²) in [5.74, 6) is 1.21. The van der Waals surface area contributed by atoms with Crippen molar-refractivity contribution in [3.05, 3.63) is 66.4 Å². The molecule has 1 atom stereocenters. The Morgan fingerprint density at radius 3 is 2.82 bits per heavy atom. The lowest BCUT2D eigenvalue weighted by molar-refractivity contribution is -0.177. The van der Waals surface area contributed by atoms with Gasteiger partial charge < -0.3 is 24.0 Å². The van der Waals surface area contributed by atoms with Gasteiger partial charge in [-0.1, -0.05) is 36.4 Å². The van der Waals surface area contributed by atoms with Crippen LogP contribution in [-0.4, -0.2) is 78.2 Å². The number of benzene rings is 2. The normalized spacial score (nSPS) is 20.8. The summed E-state index contributed by atoms with van der Waals surface area (Å²) in [6.45, 7) is 4.20. The van der Waals surface area contributed by atoms with E-state index in [1.165, 1.54) is 5.56 Å². The highest BCUT2D eigenvalue weighted by molar-refractivity contribution is 5.88. The first kappa shape index (κ1) is 26.0. The van der Waals surface area contributed by atoms with Crippen LogP contribution in [-0.2, 0) is 20.7 Å². The number of amides is 2. The number of para-hydroxylation sites is 2. The molecule has 200 valence electrons. The standard InChI is InChI=1S/C30H35N3O5/c1-2-32-17-19-36-25-13-4-3-9-23(25)10-5-6-15-30(29(32)35)22-33(18-20-38-30)27(34)21-37-26-14-7-11-24-12-8-16-31-28(24)26/h3-4,7-9,11-14,16H,2,5-6,10,15,17-22H2,1H3. The largest absolute Gasteiger partial charge is 0.491 e. The summed E-state index contributed by atoms with van der Waals surface area (Å²) in [6.07, 6.45) is 4.84. The zero-order chi connectivity index (χ0) is 26.4. The van der Waals surface area contributed by atoms with Gasteiger partial charge in [0.1, 0.15) is 23.6 Å². The molecule has 3 heterocycles. The number of hydrogen-bond donors (Lipinski definition) is 0. The van der Waals surface area contributed by atoms with E-state index in [1.807, 2.05) is 55.5 Å². The summed E-state index contributed by atoms with van der Waals surface area (Å²) in [4.78, 5) is 35.1. The topological polar surface area (TPSA) is 81.2 Å². The Bertz CT molecular complexity index is 1280. The van der Waals surface area contributed by atoms with Crippen molar-refractivity contribution < 1.29 is 23.8 Å². The molecule has 8 nitrogen and oxygen atoms in total. The highest BCUT2D eigenvalue weighted by atomic mass is 16.5. The van der Waals surface area contributed by atoms with Gasteiger partial charge in [0, 0.05) is 24.7 Å². The van der Waals surface area contributed by atoms with Crippen LogP contribution in [0.5, 0.6) is 11.5 Å². The van der Waals surface area contributed by atoms with Crippen LogP contribution < -0.4 is 9.47 Å². The zero-order valence-corrected chi connectivity index (χ0v) is 21.9. The number of ether oxygens (including phenoxy) is 3. The van der Waals surface area contributed by atoms with Gasteiger partial charge in [-0.15, -0.1) is 0 Å². The molecule has 2 aromatic carbocycles. The summed E-state index contributed by atoms with van der Waals surface area (Å²) in [5.41, 5.74) is 0.833. The number of pyridine rings is 1. The molecule has 0 aliphatic carbocycles. The predicted octanol–water partition coefficient (Wildman–Crippen LogP) is 3.87. The van der Waals surface area contributed by atoms with Gasteiger partial charge in [0.2, 0.25) is 0 Å². The van der Waals surface area contributed by atoms with Crippen molar-refractivity contribution in [1.29, 1.82) is 0 Å². The van der Waals surface area contributed by atoms with Crippen molar-refractivity contribution >= 4 is 22.7 Å². The molecule has 0 N–H and O–H groups in total. The Kier molecular flexibility index (Phi) is 8.08. The SMILES string of the molecule is CCN1CCOc2ccccc2CCCCC2(CN(C(=O)COc3cccc4cccnc34)CCO2)C1=O. The average molecular weight is 518 g/mol. The molecule has 1 fully saturated rings. The number of morpholine rings is 1. The van der Waals surface area contributed by atoms with Crippen LogP contribution in [0.1, 0.15) is 31.7 Å². The molecule has 3 aromatic rings. The molecule has 1 spiro atoms. The maximum Gasteiger partial charge on any atom is 0.260 e. The summed E-state index contributed by atoms with van der Waals surface area (Å²) < 4.78 is 18.2. The van der Waals surface area contributed by atoms with Crippen molar-refractivity contribution in [2.75, 3.05) is 46.0 Å². The van der Waals surface area contributed by atoms with E-state index in [2.05, 4.69) is 11.1 Å². The lowest BCUT2D eigenvalue weighted by Crippen LogP contribution is -2.62. The van der Waals surface area contributed by atoms with Crippen LogP contribution in [0, 0.1) is 0 Å². The molecule has 8 heteroatoms. The number of aryl methyl sites for hydroxylation is 1. The predicted molar refractivity (Wildman–Crippen MR) is 144 cm³/mol. The number of nitrogens with zero attached hydrogens (tertiary/aromatic N) is 3. The van der Waals surface area contributed by atoms with Crippen LogP contribution in [0.3, 0.4) is 0 Å². The second kappa shape index (κ2) is 11.8. The van der Waals surface area contributed by atoms with Crippen molar-refractivity contribution in [3.63, 3.8) is 0 Å². The van der Waals surface area contributed by atoms with Crippen molar-refractivity contribution in [1.82, 2.24) is 14.8 Å². The fourth-order valence-electron chi connectivity index (χ4n) is 5.34. The van der Waals surface area contributed by atoms with Crippen LogP contribution in [0.25, 0.3) is 10.9 Å². The Morgan fingerprint density at radius 1 is 1.05 bits per heavy atom. The third-order valence-electron chi connectivity index (χ3n) is 7.41. The molecule has 2 amide bonds. The van der Waals surface area contributed by atoms with Crippen molar-refractivity contribution in [2.45, 2.75) is 38.2 Å². The molecule has 0 saturated carbocycles. The highest BCUT2D eigenvalue weighted by Crippen LogP contribution is 2.30. The van der Waals surface area contributed by atoms with E-state index in [1.54, 1.807) is 16.0 Å². The Balaban J connectivity index is 1.30. The minimum Gasteiger partial charge on any atom is -0.491 e. The Morgan fingerprint density at radius 2 is 1.92 bits per heavy atom. The van der Waals surface area contributed by atoms with E-state index >= 15 is 0 Å². The molecule has 1 unspecified atom stereocenters. The van der Waals surface area contributed by atoms with Gasteiger partial charge in [-0.05, 0) is 56.4 Å². The molecule has 2 aliphatic heterocycles. The number of hydrogen-bond acceptors (Lipinski definition) is 6. The lowest BCUT2D eigenvalue weighted by atomic mass is 9.91. The first-order valence-corrected chi connectivity index (χ1v) is 13.5. The van der Waals surface area contributed by atoms with Gasteiger partial charge in [0.15, 0.2) is 12.2 Å². The van der Waals surface area contributed by atoms with Crippen LogP contribution >= 0.6 is 0 Å².